The van der Waals surface area contributed by atoms with Crippen LogP contribution in [0, 0.1) is 0 Å². The van der Waals surface area contributed by atoms with Gasteiger partial charge in [-0.3, -0.25) is 14.9 Å². The number of hydrogen-bond acceptors (Lipinski definition) is 3. The third kappa shape index (κ3) is 1.45. The van der Waals surface area contributed by atoms with E-state index in [1.807, 2.05) is 0 Å². The van der Waals surface area contributed by atoms with Crippen LogP contribution in [0.3, 0.4) is 0 Å². The van der Waals surface area contributed by atoms with Crippen molar-refractivity contribution >= 4 is 17.8 Å². The number of urea groups is 1. The molecule has 6 nitrogen and oxygen atoms in total. The maximum atomic E-state index is 11.5. The topological polar surface area (TPSA) is 78.5 Å². The fraction of sp³-hybridized carbons (Fsp3) is 0.667. The third-order valence-electron chi connectivity index (χ3n) is 2.94. The van der Waals surface area contributed by atoms with Crippen LogP contribution in [0.1, 0.15) is 19.8 Å². The predicted octanol–water partition coefficient (Wildman–Crippen LogP) is -0.793. The van der Waals surface area contributed by atoms with Crippen molar-refractivity contribution in [3.63, 3.8) is 0 Å². The van der Waals surface area contributed by atoms with E-state index in [0.717, 1.165) is 0 Å². The Morgan fingerprint density at radius 1 is 1.53 bits per heavy atom. The average Bonchev–Trinajstić information content (AvgIpc) is 2.72. The standard InChI is InChI=1S/C9H13N3O3/c1-2-6(13)12-4-3-9(5-12)7(14)10-8(15)11-9/h2-5H2,1H3,(H2,10,11,14,15). The van der Waals surface area contributed by atoms with E-state index in [1.165, 1.54) is 0 Å². The van der Waals surface area contributed by atoms with Crippen LogP contribution in [0.2, 0.25) is 0 Å². The minimum Gasteiger partial charge on any atom is -0.340 e. The number of nitrogens with one attached hydrogen (secondary N) is 2. The summed E-state index contributed by atoms with van der Waals surface area (Å²) < 4.78 is 0. The summed E-state index contributed by atoms with van der Waals surface area (Å²) in [6.07, 6.45) is 0.919. The largest absolute Gasteiger partial charge is 0.340 e. The monoisotopic (exact) mass is 211 g/mol. The van der Waals surface area contributed by atoms with Gasteiger partial charge in [-0.2, -0.15) is 0 Å². The van der Waals surface area contributed by atoms with Crippen molar-refractivity contribution in [2.24, 2.45) is 0 Å². The second kappa shape index (κ2) is 3.22. The van der Waals surface area contributed by atoms with Crippen molar-refractivity contribution in [1.29, 1.82) is 0 Å². The van der Waals surface area contributed by atoms with Gasteiger partial charge in [0.25, 0.3) is 5.91 Å². The fourth-order valence-electron chi connectivity index (χ4n) is 2.06. The molecule has 0 aromatic heterocycles. The van der Waals surface area contributed by atoms with E-state index in [2.05, 4.69) is 10.6 Å². The first-order valence-corrected chi connectivity index (χ1v) is 4.99. The Labute approximate surface area is 87.0 Å². The van der Waals surface area contributed by atoms with Crippen molar-refractivity contribution in [3.8, 4) is 0 Å². The van der Waals surface area contributed by atoms with Crippen molar-refractivity contribution < 1.29 is 14.4 Å². The lowest BCUT2D eigenvalue weighted by molar-refractivity contribution is -0.130. The number of rotatable bonds is 1. The minimum absolute atomic E-state index is 0.0147. The normalized spacial score (nSPS) is 29.5. The lowest BCUT2D eigenvalue weighted by atomic mass is 10.00. The number of carbonyl (C=O) groups excluding carboxylic acids is 3. The van der Waals surface area contributed by atoms with Crippen LogP contribution >= 0.6 is 0 Å². The van der Waals surface area contributed by atoms with Gasteiger partial charge in [-0.15, -0.1) is 0 Å². The quantitative estimate of drug-likeness (QED) is 0.558. The molecule has 2 N–H and O–H groups in total. The molecule has 2 heterocycles. The molecule has 2 fully saturated rings. The first-order valence-electron chi connectivity index (χ1n) is 4.99. The Morgan fingerprint density at radius 3 is 2.80 bits per heavy atom. The molecule has 2 aliphatic rings. The second-order valence-electron chi connectivity index (χ2n) is 3.91. The summed E-state index contributed by atoms with van der Waals surface area (Å²) in [5.41, 5.74) is -0.873. The molecule has 2 rings (SSSR count). The molecule has 0 aromatic rings. The second-order valence-corrected chi connectivity index (χ2v) is 3.91. The van der Waals surface area contributed by atoms with E-state index in [-0.39, 0.29) is 18.4 Å². The zero-order chi connectivity index (χ0) is 11.1. The van der Waals surface area contributed by atoms with Gasteiger partial charge in [0.2, 0.25) is 5.91 Å². The van der Waals surface area contributed by atoms with E-state index in [9.17, 15) is 14.4 Å². The Hall–Kier alpha value is -1.59. The van der Waals surface area contributed by atoms with Crippen molar-refractivity contribution in [1.82, 2.24) is 15.5 Å². The molecule has 0 aromatic carbocycles. The van der Waals surface area contributed by atoms with Gasteiger partial charge in [-0.25, -0.2) is 4.79 Å². The van der Waals surface area contributed by atoms with Crippen molar-refractivity contribution in [2.75, 3.05) is 13.1 Å². The van der Waals surface area contributed by atoms with Crippen LogP contribution in [0.15, 0.2) is 0 Å². The van der Waals surface area contributed by atoms with Gasteiger partial charge < -0.3 is 10.2 Å². The molecular formula is C9H13N3O3. The van der Waals surface area contributed by atoms with Crippen molar-refractivity contribution in [3.05, 3.63) is 0 Å². The van der Waals surface area contributed by atoms with E-state index in [0.29, 0.717) is 19.4 Å². The Morgan fingerprint density at radius 2 is 2.27 bits per heavy atom. The highest BCUT2D eigenvalue weighted by Crippen LogP contribution is 2.24. The summed E-state index contributed by atoms with van der Waals surface area (Å²) >= 11 is 0. The molecule has 0 saturated carbocycles. The van der Waals surface area contributed by atoms with Crippen molar-refractivity contribution in [2.45, 2.75) is 25.3 Å². The van der Waals surface area contributed by atoms with Crippen LogP contribution in [0.4, 0.5) is 4.79 Å². The Balaban J connectivity index is 2.12. The lowest BCUT2D eigenvalue weighted by Crippen LogP contribution is -2.49. The highest BCUT2D eigenvalue weighted by Gasteiger charge is 2.51. The summed E-state index contributed by atoms with van der Waals surface area (Å²) in [7, 11) is 0. The number of carbonyl (C=O) groups is 3. The maximum absolute atomic E-state index is 11.5. The first-order chi connectivity index (χ1) is 7.07. The highest BCUT2D eigenvalue weighted by atomic mass is 16.2. The fourth-order valence-corrected chi connectivity index (χ4v) is 2.06. The van der Waals surface area contributed by atoms with E-state index in [4.69, 9.17) is 0 Å². The summed E-state index contributed by atoms with van der Waals surface area (Å²) in [5, 5.41) is 4.79. The summed E-state index contributed by atoms with van der Waals surface area (Å²) in [4.78, 5) is 35.6. The minimum atomic E-state index is -0.873. The number of likely N-dealkylation sites (tertiary alicyclic amines) is 1. The molecule has 4 amide bonds. The molecular weight excluding hydrogens is 198 g/mol. The molecule has 2 saturated heterocycles. The molecule has 1 spiro atoms. The number of amides is 4. The SMILES string of the molecule is CCC(=O)N1CCC2(C1)NC(=O)NC2=O. The number of imide groups is 1. The van der Waals surface area contributed by atoms with Gasteiger partial charge in [0, 0.05) is 13.0 Å². The Kier molecular flexibility index (Phi) is 2.13. The zero-order valence-corrected chi connectivity index (χ0v) is 8.50. The smallest absolute Gasteiger partial charge is 0.322 e. The molecule has 15 heavy (non-hydrogen) atoms. The van der Waals surface area contributed by atoms with Crippen LogP contribution in [0.5, 0.6) is 0 Å². The molecule has 1 unspecified atom stereocenters. The average molecular weight is 211 g/mol. The molecule has 1 atom stereocenters. The molecule has 0 bridgehead atoms. The first kappa shape index (κ1) is 9.95. The van der Waals surface area contributed by atoms with Gasteiger partial charge >= 0.3 is 6.03 Å². The van der Waals surface area contributed by atoms with Gasteiger partial charge in [0.15, 0.2) is 0 Å². The van der Waals surface area contributed by atoms with Crippen LogP contribution in [0.25, 0.3) is 0 Å². The summed E-state index contributed by atoms with van der Waals surface area (Å²) in [6.45, 7) is 2.60. The zero-order valence-electron chi connectivity index (χ0n) is 8.50. The van der Waals surface area contributed by atoms with E-state index < -0.39 is 11.6 Å². The molecule has 6 heteroatoms. The highest BCUT2D eigenvalue weighted by molar-refractivity contribution is 6.07. The number of hydrogen-bond donors (Lipinski definition) is 2. The summed E-state index contributed by atoms with van der Waals surface area (Å²) in [5.74, 6) is -0.306. The van der Waals surface area contributed by atoms with Crippen LogP contribution in [-0.4, -0.2) is 41.4 Å². The van der Waals surface area contributed by atoms with Crippen LogP contribution < -0.4 is 10.6 Å². The lowest BCUT2D eigenvalue weighted by Gasteiger charge is -2.20. The maximum Gasteiger partial charge on any atom is 0.322 e. The predicted molar refractivity (Wildman–Crippen MR) is 50.9 cm³/mol. The Bertz CT molecular complexity index is 341. The van der Waals surface area contributed by atoms with Gasteiger partial charge in [-0.1, -0.05) is 6.92 Å². The van der Waals surface area contributed by atoms with Gasteiger partial charge in [0.05, 0.1) is 6.54 Å². The van der Waals surface area contributed by atoms with E-state index in [1.54, 1.807) is 11.8 Å². The molecule has 0 aliphatic carbocycles. The molecule has 82 valence electrons. The molecule has 0 radical (unpaired) electrons. The summed E-state index contributed by atoms with van der Waals surface area (Å²) in [6, 6.07) is -0.467. The van der Waals surface area contributed by atoms with Gasteiger partial charge in [0.1, 0.15) is 5.54 Å². The third-order valence-corrected chi connectivity index (χ3v) is 2.94. The molecule has 2 aliphatic heterocycles. The van der Waals surface area contributed by atoms with E-state index >= 15 is 0 Å². The van der Waals surface area contributed by atoms with Gasteiger partial charge in [-0.05, 0) is 6.42 Å². The number of nitrogens with zero attached hydrogens (tertiary/aromatic N) is 1. The van der Waals surface area contributed by atoms with Crippen LogP contribution in [-0.2, 0) is 9.59 Å².